The minimum atomic E-state index is 0.250. The molecule has 0 aromatic carbocycles. The van der Waals surface area contributed by atoms with E-state index in [1.165, 1.54) is 26.2 Å². The molecule has 0 aliphatic carbocycles. The molecule has 2 N–H and O–H groups in total. The lowest BCUT2D eigenvalue weighted by atomic mass is 10.0. The minimum absolute atomic E-state index is 0.250. The Morgan fingerprint density at radius 3 is 2.69 bits per heavy atom. The monoisotopic (exact) mass is 227 g/mol. The normalized spacial score (nSPS) is 38.1. The van der Waals surface area contributed by atoms with Crippen molar-refractivity contribution in [1.29, 1.82) is 0 Å². The zero-order valence-corrected chi connectivity index (χ0v) is 10.6. The molecule has 4 nitrogen and oxygen atoms in total. The van der Waals surface area contributed by atoms with E-state index in [-0.39, 0.29) is 6.04 Å². The third kappa shape index (κ3) is 2.74. The van der Waals surface area contributed by atoms with Crippen LogP contribution in [0.25, 0.3) is 0 Å². The predicted octanol–water partition coefficient (Wildman–Crippen LogP) is -0.0139. The van der Waals surface area contributed by atoms with Crippen molar-refractivity contribution in [2.45, 2.75) is 25.9 Å². The van der Waals surface area contributed by atoms with Crippen molar-refractivity contribution in [1.82, 2.24) is 9.80 Å². The zero-order valence-electron chi connectivity index (χ0n) is 10.6. The first-order valence-electron chi connectivity index (χ1n) is 6.50. The van der Waals surface area contributed by atoms with Gasteiger partial charge in [0.1, 0.15) is 0 Å². The van der Waals surface area contributed by atoms with Gasteiger partial charge >= 0.3 is 0 Å². The molecule has 0 aromatic heterocycles. The Morgan fingerprint density at radius 2 is 2.12 bits per heavy atom. The second kappa shape index (κ2) is 5.45. The van der Waals surface area contributed by atoms with Gasteiger partial charge in [0.25, 0.3) is 0 Å². The fourth-order valence-corrected chi connectivity index (χ4v) is 2.84. The van der Waals surface area contributed by atoms with Crippen LogP contribution in [0.5, 0.6) is 0 Å². The van der Waals surface area contributed by atoms with E-state index in [0.29, 0.717) is 12.0 Å². The zero-order chi connectivity index (χ0) is 11.5. The Morgan fingerprint density at radius 1 is 1.31 bits per heavy atom. The topological polar surface area (TPSA) is 41.7 Å². The van der Waals surface area contributed by atoms with Gasteiger partial charge in [-0.15, -0.1) is 0 Å². The van der Waals surface area contributed by atoms with Crippen molar-refractivity contribution >= 4 is 0 Å². The Hall–Kier alpha value is -0.160. The van der Waals surface area contributed by atoms with E-state index in [1.54, 1.807) is 0 Å². The highest BCUT2D eigenvalue weighted by Crippen LogP contribution is 2.16. The standard InChI is InChI=1S/C12H25N3O/c1-3-15-5-4-14(6-10(15)2)7-11-8-16-9-12(11)13/h10-12H,3-9,13H2,1-2H3. The summed E-state index contributed by atoms with van der Waals surface area (Å²) in [6.45, 7) is 12.0. The fraction of sp³-hybridized carbons (Fsp3) is 1.00. The van der Waals surface area contributed by atoms with E-state index >= 15 is 0 Å². The van der Waals surface area contributed by atoms with Gasteiger partial charge in [0.15, 0.2) is 0 Å². The van der Waals surface area contributed by atoms with Crippen LogP contribution in [0.15, 0.2) is 0 Å². The van der Waals surface area contributed by atoms with Crippen molar-refractivity contribution in [3.05, 3.63) is 0 Å². The van der Waals surface area contributed by atoms with Crippen molar-refractivity contribution < 1.29 is 4.74 Å². The van der Waals surface area contributed by atoms with Gasteiger partial charge in [-0.2, -0.15) is 0 Å². The summed E-state index contributed by atoms with van der Waals surface area (Å²) in [5.74, 6) is 0.542. The first-order chi connectivity index (χ1) is 7.70. The maximum atomic E-state index is 6.02. The SMILES string of the molecule is CCN1CCN(CC2COCC2N)CC1C. The molecule has 94 valence electrons. The molecule has 0 spiro atoms. The molecule has 3 unspecified atom stereocenters. The van der Waals surface area contributed by atoms with E-state index < -0.39 is 0 Å². The first-order valence-corrected chi connectivity index (χ1v) is 6.50. The van der Waals surface area contributed by atoms with Crippen molar-refractivity contribution in [3.8, 4) is 0 Å². The van der Waals surface area contributed by atoms with Crippen LogP contribution >= 0.6 is 0 Å². The lowest BCUT2D eigenvalue weighted by Gasteiger charge is -2.40. The van der Waals surface area contributed by atoms with Crippen LogP contribution in [-0.4, -0.2) is 67.8 Å². The highest BCUT2D eigenvalue weighted by atomic mass is 16.5. The first kappa shape index (κ1) is 12.3. The number of likely N-dealkylation sites (N-methyl/N-ethyl adjacent to an activating group) is 1. The molecular formula is C12H25N3O. The van der Waals surface area contributed by atoms with E-state index in [0.717, 1.165) is 19.8 Å². The molecule has 0 radical (unpaired) electrons. The quantitative estimate of drug-likeness (QED) is 0.736. The average Bonchev–Trinajstić information content (AvgIpc) is 2.65. The van der Waals surface area contributed by atoms with Crippen molar-refractivity contribution in [3.63, 3.8) is 0 Å². The van der Waals surface area contributed by atoms with E-state index in [4.69, 9.17) is 10.5 Å². The maximum Gasteiger partial charge on any atom is 0.0621 e. The summed E-state index contributed by atoms with van der Waals surface area (Å²) in [6.07, 6.45) is 0. The molecule has 2 heterocycles. The molecule has 0 saturated carbocycles. The highest BCUT2D eigenvalue weighted by Gasteiger charge is 2.29. The average molecular weight is 227 g/mol. The van der Waals surface area contributed by atoms with Gasteiger partial charge in [-0.05, 0) is 13.5 Å². The van der Waals surface area contributed by atoms with Gasteiger partial charge in [0.05, 0.1) is 13.2 Å². The maximum absolute atomic E-state index is 6.02. The van der Waals surface area contributed by atoms with Crippen LogP contribution in [0.1, 0.15) is 13.8 Å². The summed E-state index contributed by atoms with van der Waals surface area (Å²) < 4.78 is 5.42. The van der Waals surface area contributed by atoms with E-state index in [1.807, 2.05) is 0 Å². The lowest BCUT2D eigenvalue weighted by molar-refractivity contribution is 0.0734. The highest BCUT2D eigenvalue weighted by molar-refractivity contribution is 4.84. The summed E-state index contributed by atoms with van der Waals surface area (Å²) >= 11 is 0. The van der Waals surface area contributed by atoms with Gasteiger partial charge in [0.2, 0.25) is 0 Å². The molecule has 2 fully saturated rings. The van der Waals surface area contributed by atoms with Crippen molar-refractivity contribution in [2.24, 2.45) is 11.7 Å². The molecule has 2 aliphatic heterocycles. The summed E-state index contributed by atoms with van der Waals surface area (Å²) in [4.78, 5) is 5.09. The van der Waals surface area contributed by atoms with Gasteiger partial charge in [-0.1, -0.05) is 6.92 Å². The van der Waals surface area contributed by atoms with E-state index in [9.17, 15) is 0 Å². The molecule has 0 aromatic rings. The van der Waals surface area contributed by atoms with Gasteiger partial charge in [-0.3, -0.25) is 4.90 Å². The third-order valence-corrected chi connectivity index (χ3v) is 4.00. The molecule has 2 aliphatic rings. The summed E-state index contributed by atoms with van der Waals surface area (Å²) in [5.41, 5.74) is 6.02. The second-order valence-electron chi connectivity index (χ2n) is 5.20. The Balaban J connectivity index is 1.79. The third-order valence-electron chi connectivity index (χ3n) is 4.00. The van der Waals surface area contributed by atoms with Crippen LogP contribution in [0.2, 0.25) is 0 Å². The molecule has 3 atom stereocenters. The minimum Gasteiger partial charge on any atom is -0.379 e. The summed E-state index contributed by atoms with van der Waals surface area (Å²) in [5, 5.41) is 0. The molecule has 0 amide bonds. The van der Waals surface area contributed by atoms with Crippen LogP contribution < -0.4 is 5.73 Å². The number of ether oxygens (including phenoxy) is 1. The second-order valence-corrected chi connectivity index (χ2v) is 5.20. The number of piperazine rings is 1. The lowest BCUT2D eigenvalue weighted by Crippen LogP contribution is -2.53. The summed E-state index contributed by atoms with van der Waals surface area (Å²) in [6, 6.07) is 0.928. The number of rotatable bonds is 3. The molecule has 4 heteroatoms. The fourth-order valence-electron chi connectivity index (χ4n) is 2.84. The molecule has 2 rings (SSSR count). The molecule has 2 saturated heterocycles. The number of nitrogens with zero attached hydrogens (tertiary/aromatic N) is 2. The number of nitrogens with two attached hydrogens (primary N) is 1. The molecular weight excluding hydrogens is 202 g/mol. The summed E-state index contributed by atoms with van der Waals surface area (Å²) in [7, 11) is 0. The van der Waals surface area contributed by atoms with E-state index in [2.05, 4.69) is 23.6 Å². The predicted molar refractivity (Wildman–Crippen MR) is 65.4 cm³/mol. The van der Waals surface area contributed by atoms with Crippen LogP contribution in [0.3, 0.4) is 0 Å². The van der Waals surface area contributed by atoms with Crippen LogP contribution in [0.4, 0.5) is 0 Å². The molecule has 0 bridgehead atoms. The van der Waals surface area contributed by atoms with Crippen LogP contribution in [0, 0.1) is 5.92 Å². The van der Waals surface area contributed by atoms with Gasteiger partial charge in [-0.25, -0.2) is 0 Å². The number of hydrogen-bond donors (Lipinski definition) is 1. The van der Waals surface area contributed by atoms with Gasteiger partial charge in [0, 0.05) is 44.2 Å². The molecule has 16 heavy (non-hydrogen) atoms. The Kier molecular flexibility index (Phi) is 4.19. The smallest absolute Gasteiger partial charge is 0.0621 e. The van der Waals surface area contributed by atoms with Gasteiger partial charge < -0.3 is 15.4 Å². The largest absolute Gasteiger partial charge is 0.379 e. The van der Waals surface area contributed by atoms with Crippen LogP contribution in [-0.2, 0) is 4.74 Å². The van der Waals surface area contributed by atoms with Crippen molar-refractivity contribution in [2.75, 3.05) is 45.9 Å². The Labute approximate surface area is 98.7 Å². The Bertz CT molecular complexity index is 224. The number of hydrogen-bond acceptors (Lipinski definition) is 4.